The highest BCUT2D eigenvalue weighted by molar-refractivity contribution is 5.96. The first-order valence-corrected chi connectivity index (χ1v) is 14.0. The van der Waals surface area contributed by atoms with Crippen LogP contribution >= 0.6 is 0 Å². The van der Waals surface area contributed by atoms with Gasteiger partial charge in [-0.2, -0.15) is 5.26 Å². The molecule has 220 valence electrons. The van der Waals surface area contributed by atoms with Gasteiger partial charge >= 0.3 is 0 Å². The van der Waals surface area contributed by atoms with Crippen LogP contribution in [0.25, 0.3) is 0 Å². The molecule has 7 atom stereocenters. The van der Waals surface area contributed by atoms with Crippen LogP contribution in [0.1, 0.15) is 66.7 Å². The summed E-state index contributed by atoms with van der Waals surface area (Å²) in [4.78, 5) is 54.2. The fourth-order valence-electron chi connectivity index (χ4n) is 7.02. The highest BCUT2D eigenvalue weighted by Crippen LogP contribution is 2.65. The summed E-state index contributed by atoms with van der Waals surface area (Å²) in [5.74, 6) is -6.53. The summed E-state index contributed by atoms with van der Waals surface area (Å²) in [5, 5.41) is 17.9. The van der Waals surface area contributed by atoms with Gasteiger partial charge < -0.3 is 20.9 Å². The van der Waals surface area contributed by atoms with Crippen molar-refractivity contribution in [1.82, 2.24) is 20.9 Å². The van der Waals surface area contributed by atoms with Gasteiger partial charge in [-0.05, 0) is 48.3 Å². The molecule has 12 heteroatoms. The maximum Gasteiger partial charge on any atom is 0.266 e. The zero-order valence-electron chi connectivity index (χ0n) is 23.6. The van der Waals surface area contributed by atoms with E-state index in [1.165, 1.54) is 4.90 Å². The minimum Gasteiger partial charge on any atom is -0.350 e. The second-order valence-corrected chi connectivity index (χ2v) is 14.4. The van der Waals surface area contributed by atoms with E-state index in [4.69, 9.17) is 0 Å². The number of amides is 4. The van der Waals surface area contributed by atoms with Gasteiger partial charge in [0.2, 0.25) is 23.6 Å². The van der Waals surface area contributed by atoms with Crippen LogP contribution in [-0.2, 0) is 19.2 Å². The average Bonchev–Trinajstić information content (AvgIpc) is 3.72. The molecule has 3 aliphatic carbocycles. The predicted octanol–water partition coefficient (Wildman–Crippen LogP) is 2.06. The lowest BCUT2D eigenvalue weighted by Crippen LogP contribution is -2.60. The van der Waals surface area contributed by atoms with E-state index >= 15 is 0 Å². The Bertz CT molecular complexity index is 1190. The topological polar surface area (TPSA) is 131 Å². The van der Waals surface area contributed by atoms with Crippen molar-refractivity contribution in [2.24, 2.45) is 34.0 Å². The van der Waals surface area contributed by atoms with Crippen molar-refractivity contribution in [2.75, 3.05) is 13.2 Å². The lowest BCUT2D eigenvalue weighted by Gasteiger charge is -2.38. The molecular formula is C28H38F3N5O4. The Kier molecular flexibility index (Phi) is 6.33. The van der Waals surface area contributed by atoms with Crippen LogP contribution in [0.5, 0.6) is 0 Å². The van der Waals surface area contributed by atoms with Gasteiger partial charge in [0.15, 0.2) is 0 Å². The van der Waals surface area contributed by atoms with Crippen LogP contribution in [-0.4, -0.2) is 71.3 Å². The summed E-state index contributed by atoms with van der Waals surface area (Å²) >= 11 is 0. The molecule has 7 unspecified atom stereocenters. The fraction of sp³-hybridized carbons (Fsp3) is 0.821. The average molecular weight is 566 g/mol. The number of likely N-dealkylation sites (tertiary alicyclic amines) is 1. The molecule has 5 aliphatic rings. The molecule has 5 fully saturated rings. The third-order valence-electron chi connectivity index (χ3n) is 10.2. The number of hydrogen-bond acceptors (Lipinski definition) is 5. The zero-order valence-corrected chi connectivity index (χ0v) is 23.6. The molecule has 2 heterocycles. The summed E-state index contributed by atoms with van der Waals surface area (Å²) in [6, 6.07) is -1.07. The number of piperidine rings is 1. The molecule has 5 rings (SSSR count). The van der Waals surface area contributed by atoms with E-state index in [0.717, 1.165) is 12.8 Å². The summed E-state index contributed by atoms with van der Waals surface area (Å²) in [6.07, 6.45) is 1.68. The predicted molar refractivity (Wildman–Crippen MR) is 136 cm³/mol. The first kappa shape index (κ1) is 28.7. The van der Waals surface area contributed by atoms with Crippen molar-refractivity contribution < 1.29 is 32.3 Å². The molecule has 0 aromatic carbocycles. The van der Waals surface area contributed by atoms with Gasteiger partial charge in [-0.15, -0.1) is 0 Å². The highest BCUT2D eigenvalue weighted by Gasteiger charge is 2.76. The summed E-state index contributed by atoms with van der Waals surface area (Å²) < 4.78 is 41.4. The molecule has 1 spiro atoms. The zero-order chi connectivity index (χ0) is 29.6. The maximum absolute atomic E-state index is 13.9. The smallest absolute Gasteiger partial charge is 0.266 e. The molecule has 0 bridgehead atoms. The molecule has 4 amide bonds. The minimum absolute atomic E-state index is 0.00402. The molecule has 9 nitrogen and oxygen atoms in total. The standard InChI is InChI=1S/C28H38F3N5O4/c1-24(2,3)19(34-23(40)27(13-29)12-28(27,30)31)22(39)36-11-16-17(25(16,4)5)18(36)21(38)33-15(10-32)8-14-9-26(6-7-26)35-20(14)37/h14-19H,6-9,11-13H2,1-5H3,(H,33,38)(H,34,40)(H,35,37). The maximum atomic E-state index is 13.9. The van der Waals surface area contributed by atoms with Gasteiger partial charge in [0.05, 0.1) is 6.07 Å². The number of halogens is 3. The van der Waals surface area contributed by atoms with Gasteiger partial charge in [0.1, 0.15) is 30.2 Å². The van der Waals surface area contributed by atoms with Crippen molar-refractivity contribution in [3.8, 4) is 6.07 Å². The Balaban J connectivity index is 1.32. The Labute approximate surface area is 232 Å². The van der Waals surface area contributed by atoms with Crippen molar-refractivity contribution in [3.05, 3.63) is 0 Å². The largest absolute Gasteiger partial charge is 0.350 e. The number of rotatable bonds is 8. The van der Waals surface area contributed by atoms with E-state index in [-0.39, 0.29) is 47.6 Å². The first-order chi connectivity index (χ1) is 18.4. The van der Waals surface area contributed by atoms with Crippen LogP contribution in [0.2, 0.25) is 0 Å². The Morgan fingerprint density at radius 3 is 2.30 bits per heavy atom. The van der Waals surface area contributed by atoms with E-state index in [2.05, 4.69) is 22.0 Å². The first-order valence-electron chi connectivity index (χ1n) is 14.0. The Morgan fingerprint density at radius 1 is 1.20 bits per heavy atom. The van der Waals surface area contributed by atoms with Gasteiger partial charge in [-0.1, -0.05) is 34.6 Å². The number of nitriles is 1. The summed E-state index contributed by atoms with van der Waals surface area (Å²) in [7, 11) is 0. The van der Waals surface area contributed by atoms with Crippen molar-refractivity contribution in [1.29, 1.82) is 5.26 Å². The molecule has 3 saturated carbocycles. The van der Waals surface area contributed by atoms with Gasteiger partial charge in [0.25, 0.3) is 5.92 Å². The lowest BCUT2D eigenvalue weighted by atomic mass is 9.84. The van der Waals surface area contributed by atoms with Crippen LogP contribution in [0.15, 0.2) is 0 Å². The van der Waals surface area contributed by atoms with E-state index < -0.39 is 65.7 Å². The Morgan fingerprint density at radius 2 is 1.82 bits per heavy atom. The molecule has 0 aromatic heterocycles. The van der Waals surface area contributed by atoms with Crippen LogP contribution < -0.4 is 16.0 Å². The number of hydrogen-bond donors (Lipinski definition) is 3. The number of nitrogens with zero attached hydrogens (tertiary/aromatic N) is 2. The summed E-state index contributed by atoms with van der Waals surface area (Å²) in [6.45, 7) is 7.64. The second-order valence-electron chi connectivity index (χ2n) is 14.4. The van der Waals surface area contributed by atoms with Crippen molar-refractivity contribution in [3.63, 3.8) is 0 Å². The van der Waals surface area contributed by atoms with Crippen LogP contribution in [0.3, 0.4) is 0 Å². The van der Waals surface area contributed by atoms with Crippen molar-refractivity contribution in [2.45, 2.75) is 96.3 Å². The molecular weight excluding hydrogens is 527 g/mol. The number of carbonyl (C=O) groups is 4. The van der Waals surface area contributed by atoms with Crippen LogP contribution in [0, 0.1) is 45.3 Å². The second kappa shape index (κ2) is 8.83. The monoisotopic (exact) mass is 565 g/mol. The normalized spacial score (nSPS) is 35.2. The third-order valence-corrected chi connectivity index (χ3v) is 10.2. The van der Waals surface area contributed by atoms with Gasteiger partial charge in [-0.3, -0.25) is 19.2 Å². The molecule has 0 aromatic rings. The van der Waals surface area contributed by atoms with E-state index in [1.54, 1.807) is 20.8 Å². The molecule has 2 aliphatic heterocycles. The number of alkyl halides is 3. The SMILES string of the molecule is CC(C)(C)C(NC(=O)C1(CF)CC1(F)F)C(=O)N1CC2C(C1C(=O)NC(C#N)CC1CC3(CC3)NC1=O)C2(C)C. The highest BCUT2D eigenvalue weighted by atomic mass is 19.3. The quantitative estimate of drug-likeness (QED) is 0.415. The third kappa shape index (κ3) is 4.44. The summed E-state index contributed by atoms with van der Waals surface area (Å²) in [5.41, 5.74) is -3.81. The van der Waals surface area contributed by atoms with Crippen molar-refractivity contribution >= 4 is 23.6 Å². The molecule has 40 heavy (non-hydrogen) atoms. The Hall–Kier alpha value is -2.84. The minimum atomic E-state index is -3.49. The fourth-order valence-corrected chi connectivity index (χ4v) is 7.02. The van der Waals surface area contributed by atoms with E-state index in [0.29, 0.717) is 6.42 Å². The van der Waals surface area contributed by atoms with E-state index in [9.17, 15) is 37.6 Å². The molecule has 3 N–H and O–H groups in total. The van der Waals surface area contributed by atoms with Crippen LogP contribution in [0.4, 0.5) is 13.2 Å². The lowest BCUT2D eigenvalue weighted by molar-refractivity contribution is -0.147. The van der Waals surface area contributed by atoms with Gasteiger partial charge in [-0.25, -0.2) is 13.2 Å². The number of fused-ring (bicyclic) bond motifs is 1. The number of carbonyl (C=O) groups excluding carboxylic acids is 4. The van der Waals surface area contributed by atoms with E-state index in [1.807, 2.05) is 13.8 Å². The molecule has 0 radical (unpaired) electrons. The molecule has 2 saturated heterocycles. The van der Waals surface area contributed by atoms with Gasteiger partial charge in [0, 0.05) is 24.4 Å². The number of nitrogens with one attached hydrogen (secondary N) is 3.